The quantitative estimate of drug-likeness (QED) is 0.749. The van der Waals surface area contributed by atoms with Crippen molar-refractivity contribution >= 4 is 5.97 Å². The Morgan fingerprint density at radius 1 is 1.40 bits per heavy atom. The third kappa shape index (κ3) is 1.63. The summed E-state index contributed by atoms with van der Waals surface area (Å²) >= 11 is 0. The second-order valence-corrected chi connectivity index (χ2v) is 4.12. The summed E-state index contributed by atoms with van der Waals surface area (Å²) in [6.45, 7) is 2.15. The molecular weight excluding hydrogens is 192 g/mol. The van der Waals surface area contributed by atoms with Gasteiger partial charge in [-0.25, -0.2) is 0 Å². The summed E-state index contributed by atoms with van der Waals surface area (Å²) in [6, 6.07) is 9.22. The van der Waals surface area contributed by atoms with Crippen LogP contribution in [-0.4, -0.2) is 17.7 Å². The Bertz CT molecular complexity index is 360. The van der Waals surface area contributed by atoms with Gasteiger partial charge in [0.15, 0.2) is 0 Å². The summed E-state index contributed by atoms with van der Waals surface area (Å²) < 4.78 is 4.91. The van der Waals surface area contributed by atoms with E-state index in [-0.39, 0.29) is 5.97 Å². The van der Waals surface area contributed by atoms with Crippen molar-refractivity contribution in [2.45, 2.75) is 19.4 Å². The number of aliphatic hydroxyl groups excluding tert-OH is 1. The van der Waals surface area contributed by atoms with Crippen LogP contribution in [0.1, 0.15) is 25.0 Å². The largest absolute Gasteiger partial charge is 0.465 e. The number of hydrogen-bond donors (Lipinski definition) is 1. The average Bonchev–Trinajstić information content (AvgIpc) is 2.61. The second kappa shape index (κ2) is 3.66. The van der Waals surface area contributed by atoms with E-state index in [1.165, 1.54) is 0 Å². The third-order valence-corrected chi connectivity index (χ3v) is 3.04. The first-order valence-corrected chi connectivity index (χ1v) is 5.05. The molecule has 1 aliphatic heterocycles. The Morgan fingerprint density at radius 2 is 2.07 bits per heavy atom. The van der Waals surface area contributed by atoms with Gasteiger partial charge in [0, 0.05) is 6.42 Å². The molecule has 1 aromatic carbocycles. The van der Waals surface area contributed by atoms with Gasteiger partial charge in [-0.1, -0.05) is 30.3 Å². The summed E-state index contributed by atoms with van der Waals surface area (Å²) in [5.41, 5.74) is -0.0275. The molecule has 0 aliphatic carbocycles. The number of carbonyl (C=O) groups excluding carboxylic acids is 1. The van der Waals surface area contributed by atoms with Crippen LogP contribution < -0.4 is 0 Å². The Labute approximate surface area is 88.7 Å². The topological polar surface area (TPSA) is 46.5 Å². The third-order valence-electron chi connectivity index (χ3n) is 3.04. The van der Waals surface area contributed by atoms with E-state index in [2.05, 4.69) is 0 Å². The maximum atomic E-state index is 11.5. The zero-order chi connectivity index (χ0) is 10.9. The standard InChI is InChI=1S/C12H14O3/c1-12(7-8-15-11(12)14)10(13)9-5-3-2-4-6-9/h2-6,10,13H,7-8H2,1H3/t10-,12-/m1/s1. The Kier molecular flexibility index (Phi) is 2.49. The molecule has 0 radical (unpaired) electrons. The lowest BCUT2D eigenvalue weighted by molar-refractivity contribution is -0.150. The molecule has 0 spiro atoms. The zero-order valence-corrected chi connectivity index (χ0v) is 8.64. The Hall–Kier alpha value is -1.35. The first-order chi connectivity index (χ1) is 7.14. The molecule has 1 aliphatic rings. The van der Waals surface area contributed by atoms with Crippen LogP contribution in [0.3, 0.4) is 0 Å². The smallest absolute Gasteiger partial charge is 0.314 e. The molecule has 3 nitrogen and oxygen atoms in total. The molecule has 0 amide bonds. The van der Waals surface area contributed by atoms with E-state index in [0.717, 1.165) is 5.56 Å². The van der Waals surface area contributed by atoms with Gasteiger partial charge >= 0.3 is 5.97 Å². The summed E-state index contributed by atoms with van der Waals surface area (Å²) in [5.74, 6) is -0.307. The molecule has 80 valence electrons. The fourth-order valence-electron chi connectivity index (χ4n) is 1.87. The normalized spacial score (nSPS) is 27.5. The molecular formula is C12H14O3. The van der Waals surface area contributed by atoms with Crippen LogP contribution in [0.15, 0.2) is 30.3 Å². The van der Waals surface area contributed by atoms with E-state index >= 15 is 0 Å². The van der Waals surface area contributed by atoms with Crippen LogP contribution in [0.2, 0.25) is 0 Å². The van der Waals surface area contributed by atoms with E-state index in [1.54, 1.807) is 6.92 Å². The fourth-order valence-corrected chi connectivity index (χ4v) is 1.87. The fraction of sp³-hybridized carbons (Fsp3) is 0.417. The molecule has 0 unspecified atom stereocenters. The summed E-state index contributed by atoms with van der Waals surface area (Å²) in [6.07, 6.45) is -0.212. The molecule has 15 heavy (non-hydrogen) atoms. The van der Waals surface area contributed by atoms with Crippen LogP contribution in [0.5, 0.6) is 0 Å². The van der Waals surface area contributed by atoms with Crippen LogP contribution in [0.25, 0.3) is 0 Å². The lowest BCUT2D eigenvalue weighted by Gasteiger charge is -2.25. The van der Waals surface area contributed by atoms with Gasteiger partial charge < -0.3 is 9.84 Å². The van der Waals surface area contributed by atoms with Crippen LogP contribution in [0, 0.1) is 5.41 Å². The molecule has 1 fully saturated rings. The van der Waals surface area contributed by atoms with E-state index in [1.807, 2.05) is 30.3 Å². The molecule has 1 saturated heterocycles. The predicted octanol–water partition coefficient (Wildman–Crippen LogP) is 1.67. The van der Waals surface area contributed by atoms with Gasteiger partial charge in [0.2, 0.25) is 0 Å². The number of hydrogen-bond acceptors (Lipinski definition) is 3. The first kappa shape index (κ1) is 10.2. The van der Waals surface area contributed by atoms with Crippen LogP contribution in [-0.2, 0) is 9.53 Å². The number of cyclic esters (lactones) is 1. The summed E-state index contributed by atoms with van der Waals surface area (Å²) in [5, 5.41) is 10.1. The molecule has 0 bridgehead atoms. The highest BCUT2D eigenvalue weighted by Crippen LogP contribution is 2.41. The molecule has 3 heteroatoms. The summed E-state index contributed by atoms with van der Waals surface area (Å²) in [7, 11) is 0. The molecule has 1 N–H and O–H groups in total. The van der Waals surface area contributed by atoms with Gasteiger partial charge in [0.05, 0.1) is 18.1 Å². The highest BCUT2D eigenvalue weighted by Gasteiger charge is 2.46. The van der Waals surface area contributed by atoms with Crippen molar-refractivity contribution in [3.63, 3.8) is 0 Å². The minimum absolute atomic E-state index is 0.307. The van der Waals surface area contributed by atoms with E-state index in [0.29, 0.717) is 13.0 Å². The number of carbonyl (C=O) groups is 1. The van der Waals surface area contributed by atoms with Crippen LogP contribution >= 0.6 is 0 Å². The summed E-state index contributed by atoms with van der Waals surface area (Å²) in [4.78, 5) is 11.5. The highest BCUT2D eigenvalue weighted by atomic mass is 16.5. The lowest BCUT2D eigenvalue weighted by atomic mass is 9.79. The second-order valence-electron chi connectivity index (χ2n) is 4.12. The van der Waals surface area contributed by atoms with Gasteiger partial charge in [0.1, 0.15) is 0 Å². The number of ether oxygens (including phenoxy) is 1. The van der Waals surface area contributed by atoms with Gasteiger partial charge in [-0.3, -0.25) is 4.79 Å². The maximum Gasteiger partial charge on any atom is 0.314 e. The molecule has 1 aromatic rings. The number of esters is 1. The van der Waals surface area contributed by atoms with Crippen LogP contribution in [0.4, 0.5) is 0 Å². The van der Waals surface area contributed by atoms with Gasteiger partial charge in [0.25, 0.3) is 0 Å². The van der Waals surface area contributed by atoms with Crippen molar-refractivity contribution in [1.29, 1.82) is 0 Å². The minimum atomic E-state index is -0.790. The highest BCUT2D eigenvalue weighted by molar-refractivity contribution is 5.79. The van der Waals surface area contributed by atoms with Crippen molar-refractivity contribution < 1.29 is 14.6 Å². The van der Waals surface area contributed by atoms with Crippen molar-refractivity contribution in [1.82, 2.24) is 0 Å². The van der Waals surface area contributed by atoms with Gasteiger partial charge in [-0.2, -0.15) is 0 Å². The maximum absolute atomic E-state index is 11.5. The molecule has 2 rings (SSSR count). The first-order valence-electron chi connectivity index (χ1n) is 5.05. The van der Waals surface area contributed by atoms with E-state index in [4.69, 9.17) is 4.74 Å². The van der Waals surface area contributed by atoms with Gasteiger partial charge in [-0.15, -0.1) is 0 Å². The molecule has 0 saturated carbocycles. The molecule has 0 aromatic heterocycles. The van der Waals surface area contributed by atoms with E-state index in [9.17, 15) is 9.90 Å². The molecule has 1 heterocycles. The Morgan fingerprint density at radius 3 is 2.60 bits per heavy atom. The lowest BCUT2D eigenvalue weighted by Crippen LogP contribution is -2.30. The van der Waals surface area contributed by atoms with Crippen molar-refractivity contribution in [2.75, 3.05) is 6.61 Å². The molecule has 2 atom stereocenters. The number of aliphatic hydroxyl groups is 1. The monoisotopic (exact) mass is 206 g/mol. The average molecular weight is 206 g/mol. The van der Waals surface area contributed by atoms with Gasteiger partial charge in [-0.05, 0) is 12.5 Å². The predicted molar refractivity (Wildman–Crippen MR) is 55.1 cm³/mol. The SMILES string of the molecule is C[C@]1([C@H](O)c2ccccc2)CCOC1=O. The number of rotatable bonds is 2. The van der Waals surface area contributed by atoms with Crippen molar-refractivity contribution in [2.24, 2.45) is 5.41 Å². The zero-order valence-electron chi connectivity index (χ0n) is 8.64. The minimum Gasteiger partial charge on any atom is -0.465 e. The van der Waals surface area contributed by atoms with Crippen molar-refractivity contribution in [3.8, 4) is 0 Å². The van der Waals surface area contributed by atoms with E-state index < -0.39 is 11.5 Å². The Balaban J connectivity index is 2.28. The number of benzene rings is 1. The van der Waals surface area contributed by atoms with Crippen molar-refractivity contribution in [3.05, 3.63) is 35.9 Å².